The second kappa shape index (κ2) is 8.51. The van der Waals surface area contributed by atoms with Crippen LogP contribution in [0.3, 0.4) is 0 Å². The lowest BCUT2D eigenvalue weighted by atomic mass is 10.5. The number of amides is 1. The van der Waals surface area contributed by atoms with E-state index in [1.54, 1.807) is 0 Å². The predicted octanol–water partition coefficient (Wildman–Crippen LogP) is -0.312. The van der Waals surface area contributed by atoms with Crippen molar-refractivity contribution in [3.05, 3.63) is 0 Å². The van der Waals surface area contributed by atoms with Gasteiger partial charge in [0.25, 0.3) is 0 Å². The molecule has 0 aliphatic carbocycles. The van der Waals surface area contributed by atoms with E-state index in [0.717, 1.165) is 6.54 Å². The SMILES string of the molecule is CCNC(C)=O.O=C(O)CC(=O)O. The van der Waals surface area contributed by atoms with Crippen molar-refractivity contribution in [2.24, 2.45) is 0 Å². The predicted molar refractivity (Wildman–Crippen MR) is 44.2 cm³/mol. The molecule has 0 aliphatic heterocycles. The molecule has 0 rings (SSSR count). The number of carbonyl (C=O) groups excluding carboxylic acids is 1. The van der Waals surface area contributed by atoms with E-state index in [1.807, 2.05) is 6.92 Å². The number of aliphatic carboxylic acids is 2. The molecule has 0 heterocycles. The Morgan fingerprint density at radius 2 is 1.54 bits per heavy atom. The first-order chi connectivity index (χ1) is 5.90. The average molecular weight is 191 g/mol. The van der Waals surface area contributed by atoms with Crippen LogP contribution in [0.5, 0.6) is 0 Å². The van der Waals surface area contributed by atoms with Gasteiger partial charge in [0.05, 0.1) is 0 Å². The van der Waals surface area contributed by atoms with Crippen molar-refractivity contribution in [3.63, 3.8) is 0 Å². The zero-order chi connectivity index (χ0) is 10.9. The van der Waals surface area contributed by atoms with Crippen molar-refractivity contribution in [2.75, 3.05) is 6.54 Å². The highest BCUT2D eigenvalue weighted by Crippen LogP contribution is 1.74. The number of rotatable bonds is 3. The number of carboxylic acid groups (broad SMARTS) is 2. The van der Waals surface area contributed by atoms with Crippen LogP contribution in [0.15, 0.2) is 0 Å². The normalized spacial score (nSPS) is 7.85. The van der Waals surface area contributed by atoms with Gasteiger partial charge in [0.15, 0.2) is 0 Å². The Bertz CT molecular complexity index is 177. The molecule has 0 aromatic heterocycles. The van der Waals surface area contributed by atoms with Crippen molar-refractivity contribution in [3.8, 4) is 0 Å². The maximum absolute atomic E-state index is 9.93. The fourth-order valence-corrected chi connectivity index (χ4v) is 0.378. The summed E-state index contributed by atoms with van der Waals surface area (Å²) < 4.78 is 0. The second-order valence-corrected chi connectivity index (χ2v) is 2.05. The van der Waals surface area contributed by atoms with Crippen molar-refractivity contribution >= 4 is 17.8 Å². The minimum Gasteiger partial charge on any atom is -0.481 e. The Kier molecular flexibility index (Phi) is 9.14. The van der Waals surface area contributed by atoms with E-state index in [0.29, 0.717) is 0 Å². The third-order valence-corrected chi connectivity index (χ3v) is 0.728. The lowest BCUT2D eigenvalue weighted by molar-refractivity contribution is -0.147. The molecule has 3 N–H and O–H groups in total. The summed E-state index contributed by atoms with van der Waals surface area (Å²) >= 11 is 0. The quantitative estimate of drug-likeness (QED) is 0.531. The number of carboxylic acids is 2. The highest BCUT2D eigenvalue weighted by Gasteiger charge is 2.01. The van der Waals surface area contributed by atoms with Crippen LogP contribution in [0.25, 0.3) is 0 Å². The van der Waals surface area contributed by atoms with Gasteiger partial charge < -0.3 is 15.5 Å². The fourth-order valence-electron chi connectivity index (χ4n) is 0.378. The molecular formula is C7H13NO5. The molecule has 0 saturated heterocycles. The van der Waals surface area contributed by atoms with Crippen LogP contribution in [-0.4, -0.2) is 34.6 Å². The average Bonchev–Trinajstić information content (AvgIpc) is 1.83. The van der Waals surface area contributed by atoms with Crippen molar-refractivity contribution < 1.29 is 24.6 Å². The second-order valence-electron chi connectivity index (χ2n) is 2.05. The van der Waals surface area contributed by atoms with E-state index in [4.69, 9.17) is 10.2 Å². The minimum atomic E-state index is -1.31. The molecule has 0 spiro atoms. The Balaban J connectivity index is 0. The van der Waals surface area contributed by atoms with E-state index < -0.39 is 18.4 Å². The summed E-state index contributed by atoms with van der Waals surface area (Å²) in [5.74, 6) is -2.59. The van der Waals surface area contributed by atoms with E-state index in [1.165, 1.54) is 6.92 Å². The summed E-state index contributed by atoms with van der Waals surface area (Å²) in [6, 6.07) is 0. The molecule has 0 atom stereocenters. The van der Waals surface area contributed by atoms with Gasteiger partial charge in [-0.3, -0.25) is 14.4 Å². The van der Waals surface area contributed by atoms with Crippen LogP contribution in [0.2, 0.25) is 0 Å². The van der Waals surface area contributed by atoms with E-state index >= 15 is 0 Å². The van der Waals surface area contributed by atoms with Crippen molar-refractivity contribution in [1.82, 2.24) is 5.32 Å². The van der Waals surface area contributed by atoms with Gasteiger partial charge in [-0.2, -0.15) is 0 Å². The highest BCUT2D eigenvalue weighted by atomic mass is 16.4. The maximum Gasteiger partial charge on any atom is 0.314 e. The minimum absolute atomic E-state index is 0.0394. The van der Waals surface area contributed by atoms with E-state index in [2.05, 4.69) is 5.32 Å². The van der Waals surface area contributed by atoms with Gasteiger partial charge in [-0.1, -0.05) is 0 Å². The first kappa shape index (κ1) is 14.0. The molecule has 0 bridgehead atoms. The molecule has 0 aromatic rings. The summed E-state index contributed by atoms with van der Waals surface area (Å²) in [7, 11) is 0. The number of hydrogen-bond acceptors (Lipinski definition) is 3. The monoisotopic (exact) mass is 191 g/mol. The van der Waals surface area contributed by atoms with Gasteiger partial charge in [-0.05, 0) is 6.92 Å². The van der Waals surface area contributed by atoms with Gasteiger partial charge in [-0.25, -0.2) is 0 Å². The highest BCUT2D eigenvalue weighted by molar-refractivity contribution is 5.88. The molecule has 0 saturated carbocycles. The smallest absolute Gasteiger partial charge is 0.314 e. The topological polar surface area (TPSA) is 104 Å². The molecule has 0 fully saturated rings. The van der Waals surface area contributed by atoms with Crippen LogP contribution in [0, 0.1) is 0 Å². The molecule has 0 unspecified atom stereocenters. The van der Waals surface area contributed by atoms with Gasteiger partial charge in [0.1, 0.15) is 6.42 Å². The van der Waals surface area contributed by atoms with Crippen LogP contribution < -0.4 is 5.32 Å². The standard InChI is InChI=1S/C4H9NO.C3H4O4/c1-3-5-4(2)6;4-2(5)1-3(6)7/h3H2,1-2H3,(H,5,6);1H2,(H,4,5)(H,6,7). The van der Waals surface area contributed by atoms with E-state index in [9.17, 15) is 14.4 Å². The summed E-state index contributed by atoms with van der Waals surface area (Å²) in [5.41, 5.74) is 0. The summed E-state index contributed by atoms with van der Waals surface area (Å²) in [6.45, 7) is 4.13. The first-order valence-corrected chi connectivity index (χ1v) is 3.58. The molecular weight excluding hydrogens is 178 g/mol. The summed E-state index contributed by atoms with van der Waals surface area (Å²) in [6.07, 6.45) is -0.806. The van der Waals surface area contributed by atoms with Gasteiger partial charge in [0, 0.05) is 13.5 Å². The largest absolute Gasteiger partial charge is 0.481 e. The van der Waals surface area contributed by atoms with Crippen LogP contribution in [-0.2, 0) is 14.4 Å². The molecule has 6 heteroatoms. The molecule has 6 nitrogen and oxygen atoms in total. The number of carbonyl (C=O) groups is 3. The summed E-state index contributed by atoms with van der Waals surface area (Å²) in [5, 5.41) is 18.0. The Morgan fingerprint density at radius 3 is 1.54 bits per heavy atom. The fraction of sp³-hybridized carbons (Fsp3) is 0.571. The summed E-state index contributed by atoms with van der Waals surface area (Å²) in [4.78, 5) is 28.8. The first-order valence-electron chi connectivity index (χ1n) is 3.58. The molecule has 13 heavy (non-hydrogen) atoms. The van der Waals surface area contributed by atoms with Gasteiger partial charge >= 0.3 is 11.9 Å². The lowest BCUT2D eigenvalue weighted by Gasteiger charge is -1.88. The van der Waals surface area contributed by atoms with E-state index in [-0.39, 0.29) is 5.91 Å². The van der Waals surface area contributed by atoms with Gasteiger partial charge in [-0.15, -0.1) is 0 Å². The lowest BCUT2D eigenvalue weighted by Crippen LogP contribution is -2.18. The van der Waals surface area contributed by atoms with Crippen molar-refractivity contribution in [2.45, 2.75) is 20.3 Å². The zero-order valence-corrected chi connectivity index (χ0v) is 7.53. The molecule has 0 aliphatic rings. The zero-order valence-electron chi connectivity index (χ0n) is 7.53. The maximum atomic E-state index is 9.93. The van der Waals surface area contributed by atoms with Gasteiger partial charge in [0.2, 0.25) is 5.91 Å². The van der Waals surface area contributed by atoms with Crippen LogP contribution >= 0.6 is 0 Å². The molecule has 1 amide bonds. The number of hydrogen-bond donors (Lipinski definition) is 3. The number of nitrogens with one attached hydrogen (secondary N) is 1. The van der Waals surface area contributed by atoms with Crippen molar-refractivity contribution in [1.29, 1.82) is 0 Å². The third kappa shape index (κ3) is 25.2. The Morgan fingerprint density at radius 1 is 1.15 bits per heavy atom. The van der Waals surface area contributed by atoms with Crippen LogP contribution in [0.1, 0.15) is 20.3 Å². The molecule has 0 radical (unpaired) electrons. The third-order valence-electron chi connectivity index (χ3n) is 0.728. The molecule has 76 valence electrons. The Hall–Kier alpha value is -1.59. The molecule has 0 aromatic carbocycles. The Labute approximate surface area is 75.6 Å². The van der Waals surface area contributed by atoms with Crippen LogP contribution in [0.4, 0.5) is 0 Å².